The molecular weight excluding hydrogens is 188 g/mol. The Balaban J connectivity index is 3.02. The third kappa shape index (κ3) is 2.38. The Hall–Kier alpha value is -1.76. The minimum atomic E-state index is 0.294. The molecule has 2 N–H and O–H groups in total. The minimum Gasteiger partial charge on any atom is -0.396 e. The molecule has 0 saturated carbocycles. The lowest BCUT2D eigenvalue weighted by molar-refractivity contribution is 0.657. The van der Waals surface area contributed by atoms with Crippen molar-refractivity contribution in [3.05, 3.63) is 17.8 Å². The summed E-state index contributed by atoms with van der Waals surface area (Å²) in [4.78, 5) is 6.24. The van der Waals surface area contributed by atoms with Crippen LogP contribution < -0.4 is 10.6 Å². The lowest BCUT2D eigenvalue weighted by atomic mass is 10.2. The molecule has 0 aliphatic carbocycles. The Labute approximate surface area is 90.3 Å². The van der Waals surface area contributed by atoms with Gasteiger partial charge in [0, 0.05) is 13.1 Å². The van der Waals surface area contributed by atoms with Gasteiger partial charge in [-0.15, -0.1) is 0 Å². The van der Waals surface area contributed by atoms with E-state index in [1.807, 2.05) is 24.1 Å². The van der Waals surface area contributed by atoms with E-state index >= 15 is 0 Å². The zero-order chi connectivity index (χ0) is 11.4. The summed E-state index contributed by atoms with van der Waals surface area (Å²) in [5.41, 5.74) is 6.33. The van der Waals surface area contributed by atoms with Gasteiger partial charge in [-0.25, -0.2) is 4.98 Å². The Kier molecular flexibility index (Phi) is 3.51. The van der Waals surface area contributed by atoms with Crippen molar-refractivity contribution in [2.45, 2.75) is 26.3 Å². The molecule has 1 atom stereocenters. The third-order valence-corrected chi connectivity index (χ3v) is 2.63. The monoisotopic (exact) mass is 204 g/mol. The topological polar surface area (TPSA) is 65.9 Å². The molecule has 4 nitrogen and oxygen atoms in total. The predicted octanol–water partition coefficient (Wildman–Crippen LogP) is 1.77. The Morgan fingerprint density at radius 1 is 1.60 bits per heavy atom. The summed E-state index contributed by atoms with van der Waals surface area (Å²) in [6.07, 6.45) is 1.03. The molecule has 1 heterocycles. The van der Waals surface area contributed by atoms with Crippen LogP contribution in [-0.4, -0.2) is 18.1 Å². The quantitative estimate of drug-likeness (QED) is 0.814. The molecule has 80 valence electrons. The summed E-state index contributed by atoms with van der Waals surface area (Å²) in [7, 11) is 1.97. The molecule has 0 aliphatic rings. The highest BCUT2D eigenvalue weighted by Crippen LogP contribution is 2.17. The second-order valence-electron chi connectivity index (χ2n) is 3.59. The molecule has 0 aromatic carbocycles. The van der Waals surface area contributed by atoms with E-state index in [4.69, 9.17) is 11.0 Å². The van der Waals surface area contributed by atoms with Gasteiger partial charge in [-0.3, -0.25) is 0 Å². The maximum absolute atomic E-state index is 8.81. The van der Waals surface area contributed by atoms with Crippen LogP contribution in [0.1, 0.15) is 26.0 Å². The average molecular weight is 204 g/mol. The van der Waals surface area contributed by atoms with E-state index in [0.717, 1.165) is 12.2 Å². The lowest BCUT2D eigenvalue weighted by Gasteiger charge is -2.25. The summed E-state index contributed by atoms with van der Waals surface area (Å²) in [5.74, 6) is 0.787. The van der Waals surface area contributed by atoms with Crippen molar-refractivity contribution in [2.24, 2.45) is 0 Å². The maximum Gasteiger partial charge on any atom is 0.165 e. The number of hydrogen-bond acceptors (Lipinski definition) is 4. The van der Waals surface area contributed by atoms with Gasteiger partial charge in [0.05, 0.1) is 5.69 Å². The first-order valence-corrected chi connectivity index (χ1v) is 4.99. The normalized spacial score (nSPS) is 11.9. The SMILES string of the molecule is CCC(C)N(C)c1ccc(N)c(C#N)n1. The van der Waals surface area contributed by atoms with Crippen LogP contribution in [0.5, 0.6) is 0 Å². The number of pyridine rings is 1. The van der Waals surface area contributed by atoms with Gasteiger partial charge < -0.3 is 10.6 Å². The summed E-state index contributed by atoms with van der Waals surface area (Å²) in [5, 5.41) is 8.81. The van der Waals surface area contributed by atoms with E-state index in [1.165, 1.54) is 0 Å². The Morgan fingerprint density at radius 3 is 2.80 bits per heavy atom. The number of nitriles is 1. The largest absolute Gasteiger partial charge is 0.396 e. The fraction of sp³-hybridized carbons (Fsp3) is 0.455. The predicted molar refractivity (Wildman–Crippen MR) is 61.5 cm³/mol. The van der Waals surface area contributed by atoms with Gasteiger partial charge in [0.25, 0.3) is 0 Å². The third-order valence-electron chi connectivity index (χ3n) is 2.63. The molecule has 15 heavy (non-hydrogen) atoms. The lowest BCUT2D eigenvalue weighted by Crippen LogP contribution is -2.28. The smallest absolute Gasteiger partial charge is 0.165 e. The molecular formula is C11H16N4. The summed E-state index contributed by atoms with van der Waals surface area (Å²) in [6.45, 7) is 4.23. The minimum absolute atomic E-state index is 0.294. The fourth-order valence-corrected chi connectivity index (χ4v) is 1.25. The zero-order valence-corrected chi connectivity index (χ0v) is 9.36. The average Bonchev–Trinajstić information content (AvgIpc) is 2.27. The fourth-order valence-electron chi connectivity index (χ4n) is 1.25. The van der Waals surface area contributed by atoms with Crippen LogP contribution >= 0.6 is 0 Å². The van der Waals surface area contributed by atoms with E-state index < -0.39 is 0 Å². The van der Waals surface area contributed by atoms with Gasteiger partial charge in [-0.05, 0) is 25.5 Å². The molecule has 0 bridgehead atoms. The van der Waals surface area contributed by atoms with Gasteiger partial charge >= 0.3 is 0 Å². The maximum atomic E-state index is 8.81. The van der Waals surface area contributed by atoms with E-state index in [9.17, 15) is 0 Å². The zero-order valence-electron chi connectivity index (χ0n) is 9.36. The molecule has 0 radical (unpaired) electrons. The van der Waals surface area contributed by atoms with Crippen LogP contribution in [0.25, 0.3) is 0 Å². The van der Waals surface area contributed by atoms with Crippen molar-refractivity contribution < 1.29 is 0 Å². The van der Waals surface area contributed by atoms with Crippen molar-refractivity contribution >= 4 is 11.5 Å². The van der Waals surface area contributed by atoms with Crippen molar-refractivity contribution in [3.63, 3.8) is 0 Å². The van der Waals surface area contributed by atoms with Gasteiger partial charge in [-0.1, -0.05) is 6.92 Å². The highest BCUT2D eigenvalue weighted by molar-refractivity contribution is 5.55. The number of aromatic nitrogens is 1. The molecule has 0 amide bonds. The van der Waals surface area contributed by atoms with Crippen molar-refractivity contribution in [1.29, 1.82) is 5.26 Å². The standard InChI is InChI=1S/C11H16N4/c1-4-8(2)15(3)11-6-5-9(13)10(7-12)14-11/h5-6,8H,4,13H2,1-3H3. The summed E-state index contributed by atoms with van der Waals surface area (Å²) in [6, 6.07) is 5.94. The summed E-state index contributed by atoms with van der Waals surface area (Å²) >= 11 is 0. The highest BCUT2D eigenvalue weighted by atomic mass is 15.2. The van der Waals surface area contributed by atoms with E-state index in [0.29, 0.717) is 17.4 Å². The highest BCUT2D eigenvalue weighted by Gasteiger charge is 2.10. The van der Waals surface area contributed by atoms with E-state index in [-0.39, 0.29) is 0 Å². The Morgan fingerprint density at radius 2 is 2.27 bits per heavy atom. The van der Waals surface area contributed by atoms with E-state index in [2.05, 4.69) is 18.8 Å². The molecule has 1 unspecified atom stereocenters. The number of nitrogen functional groups attached to an aromatic ring is 1. The molecule has 0 saturated heterocycles. The van der Waals surface area contributed by atoms with Crippen molar-refractivity contribution in [1.82, 2.24) is 4.98 Å². The number of nitrogens with two attached hydrogens (primary N) is 1. The van der Waals surface area contributed by atoms with Crippen LogP contribution in [0.4, 0.5) is 11.5 Å². The van der Waals surface area contributed by atoms with Crippen LogP contribution in [0.15, 0.2) is 12.1 Å². The van der Waals surface area contributed by atoms with Crippen LogP contribution in [-0.2, 0) is 0 Å². The first kappa shape index (κ1) is 11.3. The molecule has 1 rings (SSSR count). The van der Waals surface area contributed by atoms with Crippen LogP contribution in [0.3, 0.4) is 0 Å². The van der Waals surface area contributed by atoms with Gasteiger partial charge in [0.2, 0.25) is 0 Å². The molecule has 0 spiro atoms. The molecule has 4 heteroatoms. The molecule has 0 fully saturated rings. The second-order valence-corrected chi connectivity index (χ2v) is 3.59. The number of rotatable bonds is 3. The Bertz CT molecular complexity index is 381. The van der Waals surface area contributed by atoms with Crippen molar-refractivity contribution in [3.8, 4) is 6.07 Å². The second kappa shape index (κ2) is 4.65. The number of nitrogens with zero attached hydrogens (tertiary/aromatic N) is 3. The van der Waals surface area contributed by atoms with Crippen LogP contribution in [0, 0.1) is 11.3 Å². The van der Waals surface area contributed by atoms with Gasteiger partial charge in [0.15, 0.2) is 5.69 Å². The first-order chi connectivity index (χ1) is 7.10. The molecule has 1 aromatic heterocycles. The molecule has 0 aliphatic heterocycles. The summed E-state index contributed by atoms with van der Waals surface area (Å²) < 4.78 is 0. The first-order valence-electron chi connectivity index (χ1n) is 4.99. The molecule has 1 aromatic rings. The van der Waals surface area contributed by atoms with E-state index in [1.54, 1.807) is 6.07 Å². The van der Waals surface area contributed by atoms with Crippen LogP contribution in [0.2, 0.25) is 0 Å². The van der Waals surface area contributed by atoms with Gasteiger partial charge in [-0.2, -0.15) is 5.26 Å². The van der Waals surface area contributed by atoms with Crippen molar-refractivity contribution in [2.75, 3.05) is 17.7 Å². The van der Waals surface area contributed by atoms with Gasteiger partial charge in [0.1, 0.15) is 11.9 Å². The number of hydrogen-bond donors (Lipinski definition) is 1. The number of anilines is 2.